The van der Waals surface area contributed by atoms with Gasteiger partial charge in [0.25, 0.3) is 5.56 Å². The van der Waals surface area contributed by atoms with Crippen molar-refractivity contribution in [3.05, 3.63) is 16.4 Å². The second-order valence-electron chi connectivity index (χ2n) is 2.83. The van der Waals surface area contributed by atoms with Crippen molar-refractivity contribution in [3.8, 4) is 0 Å². The summed E-state index contributed by atoms with van der Waals surface area (Å²) < 4.78 is 22.9. The number of hydrogen-bond donors (Lipinski definition) is 2. The van der Waals surface area contributed by atoms with E-state index in [0.717, 1.165) is 6.26 Å². The van der Waals surface area contributed by atoms with Gasteiger partial charge in [0.15, 0.2) is 0 Å². The van der Waals surface area contributed by atoms with Crippen molar-refractivity contribution < 1.29 is 8.42 Å². The van der Waals surface area contributed by atoms with E-state index in [-0.39, 0.29) is 23.7 Å². The number of nitrogens with one attached hydrogen (secondary N) is 1. The number of H-pyrrole nitrogens is 1. The zero-order valence-electron chi connectivity index (χ0n) is 7.15. The lowest BCUT2D eigenvalue weighted by atomic mass is 10.6. The monoisotopic (exact) mass is 205 g/mol. The Morgan fingerprint density at radius 2 is 2.23 bits per heavy atom. The maximum absolute atomic E-state index is 10.8. The van der Waals surface area contributed by atoms with E-state index < -0.39 is 9.84 Å². The molecule has 0 fully saturated rings. The molecule has 0 atom stereocenters. The van der Waals surface area contributed by atoms with E-state index >= 15 is 0 Å². The zero-order valence-corrected chi connectivity index (χ0v) is 7.97. The van der Waals surface area contributed by atoms with Crippen LogP contribution < -0.4 is 11.3 Å². The molecular weight excluding hydrogens is 194 g/mol. The first-order valence-corrected chi connectivity index (χ1v) is 5.67. The molecule has 0 unspecified atom stereocenters. The molecule has 1 aromatic rings. The van der Waals surface area contributed by atoms with E-state index in [1.54, 1.807) is 0 Å². The zero-order chi connectivity index (χ0) is 10.1. The van der Waals surface area contributed by atoms with Crippen molar-refractivity contribution in [2.75, 3.05) is 17.7 Å². The largest absolute Gasteiger partial charge is 0.384 e. The molecule has 3 N–H and O–H groups in total. The molecule has 1 aromatic heterocycles. The minimum absolute atomic E-state index is 0.0399. The molecule has 13 heavy (non-hydrogen) atoms. The molecule has 0 saturated carbocycles. The number of anilines is 1. The Hall–Kier alpha value is -1.24. The van der Waals surface area contributed by atoms with E-state index in [4.69, 9.17) is 5.73 Å². The Bertz CT molecular complexity index is 442. The molecule has 1 heterocycles. The second kappa shape index (κ2) is 3.25. The summed E-state index contributed by atoms with van der Waals surface area (Å²) in [6.07, 6.45) is 1.13. The summed E-state index contributed by atoms with van der Waals surface area (Å²) in [6, 6.07) is 1.21. The summed E-state index contributed by atoms with van der Waals surface area (Å²) in [5, 5.41) is 2.39. The van der Waals surface area contributed by atoms with Crippen molar-refractivity contribution in [3.63, 3.8) is 0 Å². The molecule has 0 amide bonds. The van der Waals surface area contributed by atoms with Crippen LogP contribution in [0.2, 0.25) is 0 Å². The Labute approximate surface area is 75.3 Å². The van der Waals surface area contributed by atoms with E-state index in [1.807, 2.05) is 0 Å². The van der Waals surface area contributed by atoms with Gasteiger partial charge in [-0.3, -0.25) is 14.6 Å². The maximum Gasteiger partial charge on any atom is 0.266 e. The van der Waals surface area contributed by atoms with Crippen LogP contribution in [0.3, 0.4) is 0 Å². The van der Waals surface area contributed by atoms with Crippen LogP contribution in [0.25, 0.3) is 0 Å². The third-order valence-corrected chi connectivity index (χ3v) is 2.45. The standard InChI is InChI=1S/C6H11N3O3S/c1-13(11,12)3-2-9-5(7)4-6(10)8-9/h4H,2-3,7H2,1H3,(H,8,10). The fourth-order valence-corrected chi connectivity index (χ4v) is 1.40. The van der Waals surface area contributed by atoms with Gasteiger partial charge in [-0.25, -0.2) is 8.42 Å². The molecular formula is C6H11N3O3S. The molecule has 7 heteroatoms. The van der Waals surface area contributed by atoms with Crippen molar-refractivity contribution in [1.29, 1.82) is 0 Å². The average Bonchev–Trinajstić information content (AvgIpc) is 2.24. The van der Waals surface area contributed by atoms with E-state index in [9.17, 15) is 13.2 Å². The van der Waals surface area contributed by atoms with Crippen LogP contribution in [0.5, 0.6) is 0 Å². The van der Waals surface area contributed by atoms with Crippen LogP contribution in [-0.4, -0.2) is 30.2 Å². The van der Waals surface area contributed by atoms with Gasteiger partial charge in [0.2, 0.25) is 0 Å². The fraction of sp³-hybridized carbons (Fsp3) is 0.500. The summed E-state index contributed by atoms with van der Waals surface area (Å²) in [6.45, 7) is 0.174. The summed E-state index contributed by atoms with van der Waals surface area (Å²) >= 11 is 0. The highest BCUT2D eigenvalue weighted by Gasteiger charge is 2.05. The third kappa shape index (κ3) is 2.94. The summed E-state index contributed by atoms with van der Waals surface area (Å²) in [7, 11) is -3.03. The molecule has 0 aromatic carbocycles. The predicted molar refractivity (Wildman–Crippen MR) is 49.2 cm³/mol. The van der Waals surface area contributed by atoms with Crippen LogP contribution in [0.15, 0.2) is 10.9 Å². The highest BCUT2D eigenvalue weighted by molar-refractivity contribution is 7.90. The van der Waals surface area contributed by atoms with Crippen molar-refractivity contribution in [1.82, 2.24) is 9.78 Å². The normalized spacial score (nSPS) is 11.8. The van der Waals surface area contributed by atoms with Crippen molar-refractivity contribution >= 4 is 15.7 Å². The lowest BCUT2D eigenvalue weighted by molar-refractivity contribution is 0.587. The number of nitrogens with two attached hydrogens (primary N) is 1. The van der Waals surface area contributed by atoms with Crippen molar-refractivity contribution in [2.45, 2.75) is 6.54 Å². The number of sulfone groups is 1. The lowest BCUT2D eigenvalue weighted by Crippen LogP contribution is -2.15. The Morgan fingerprint density at radius 1 is 1.62 bits per heavy atom. The molecule has 1 rings (SSSR count). The van der Waals surface area contributed by atoms with Gasteiger partial charge in [0.1, 0.15) is 15.7 Å². The van der Waals surface area contributed by atoms with Crippen molar-refractivity contribution in [2.24, 2.45) is 0 Å². The smallest absolute Gasteiger partial charge is 0.266 e. The maximum atomic E-state index is 10.8. The van der Waals surface area contributed by atoms with Gasteiger partial charge in [0, 0.05) is 12.3 Å². The Kier molecular flexibility index (Phi) is 2.46. The summed E-state index contributed by atoms with van der Waals surface area (Å²) in [5.41, 5.74) is 5.08. The lowest BCUT2D eigenvalue weighted by Gasteiger charge is -2.02. The van der Waals surface area contributed by atoms with Crippen LogP contribution in [-0.2, 0) is 16.4 Å². The number of aromatic amines is 1. The molecule has 74 valence electrons. The Balaban J connectivity index is 2.76. The molecule has 0 radical (unpaired) electrons. The first-order valence-electron chi connectivity index (χ1n) is 3.61. The minimum Gasteiger partial charge on any atom is -0.384 e. The number of hydrogen-bond acceptors (Lipinski definition) is 4. The molecule has 0 saturated heterocycles. The van der Waals surface area contributed by atoms with Gasteiger partial charge in [-0.15, -0.1) is 0 Å². The van der Waals surface area contributed by atoms with Crippen LogP contribution in [0, 0.1) is 0 Å². The van der Waals surface area contributed by atoms with E-state index in [2.05, 4.69) is 5.10 Å². The Morgan fingerprint density at radius 3 is 2.62 bits per heavy atom. The fourth-order valence-electron chi connectivity index (χ4n) is 0.884. The van der Waals surface area contributed by atoms with Crippen LogP contribution in [0.4, 0.5) is 5.82 Å². The molecule has 0 aliphatic heterocycles. The number of rotatable bonds is 3. The first-order chi connectivity index (χ1) is 5.88. The molecule has 0 aliphatic rings. The van der Waals surface area contributed by atoms with Gasteiger partial charge < -0.3 is 5.73 Å². The molecule has 0 aliphatic carbocycles. The molecule has 0 bridgehead atoms. The van der Waals surface area contributed by atoms with Gasteiger partial charge in [0.05, 0.1) is 12.3 Å². The van der Waals surface area contributed by atoms with Crippen LogP contribution in [0.1, 0.15) is 0 Å². The first kappa shape index (κ1) is 9.85. The number of nitrogen functional groups attached to an aromatic ring is 1. The quantitative estimate of drug-likeness (QED) is 0.647. The predicted octanol–water partition coefficient (Wildman–Crippen LogP) is -1.20. The van der Waals surface area contributed by atoms with Gasteiger partial charge >= 0.3 is 0 Å². The summed E-state index contributed by atoms with van der Waals surface area (Å²) in [5.74, 6) is 0.204. The van der Waals surface area contributed by atoms with E-state index in [1.165, 1.54) is 10.7 Å². The van der Waals surface area contributed by atoms with Gasteiger partial charge in [-0.1, -0.05) is 0 Å². The number of aromatic nitrogens is 2. The number of nitrogens with zero attached hydrogens (tertiary/aromatic N) is 1. The van der Waals surface area contributed by atoms with Crippen LogP contribution >= 0.6 is 0 Å². The second-order valence-corrected chi connectivity index (χ2v) is 5.09. The third-order valence-electron chi connectivity index (χ3n) is 1.52. The highest BCUT2D eigenvalue weighted by Crippen LogP contribution is 1.96. The van der Waals surface area contributed by atoms with E-state index in [0.29, 0.717) is 0 Å². The van der Waals surface area contributed by atoms with Gasteiger partial charge in [-0.05, 0) is 0 Å². The highest BCUT2D eigenvalue weighted by atomic mass is 32.2. The number of aryl methyl sites for hydroxylation is 1. The minimum atomic E-state index is -3.03. The molecule has 0 spiro atoms. The van der Waals surface area contributed by atoms with Gasteiger partial charge in [-0.2, -0.15) is 0 Å². The topological polar surface area (TPSA) is 98.0 Å². The average molecular weight is 205 g/mol. The SMILES string of the molecule is CS(=O)(=O)CCn1[nH]c(=O)cc1N. The summed E-state index contributed by atoms with van der Waals surface area (Å²) in [4.78, 5) is 10.7. The molecule has 6 nitrogen and oxygen atoms in total.